The van der Waals surface area contributed by atoms with Gasteiger partial charge in [0.25, 0.3) is 0 Å². The van der Waals surface area contributed by atoms with Crippen molar-refractivity contribution >= 4 is 11.6 Å². The fourth-order valence-corrected chi connectivity index (χ4v) is 4.96. The monoisotopic (exact) mass is 282 g/mol. The van der Waals surface area contributed by atoms with E-state index in [-0.39, 0.29) is 16.6 Å². The lowest BCUT2D eigenvalue weighted by molar-refractivity contribution is -0.150. The number of halogens is 2. The quantitative estimate of drug-likeness (QED) is 0.803. The normalized spacial score (nSPS) is 39.8. The third-order valence-corrected chi connectivity index (χ3v) is 6.22. The number of hydrogen-bond donors (Lipinski definition) is 1. The van der Waals surface area contributed by atoms with Crippen LogP contribution in [0.4, 0.5) is 4.39 Å². The molecule has 0 radical (unpaired) electrons. The van der Waals surface area contributed by atoms with Crippen LogP contribution in [-0.4, -0.2) is 5.11 Å². The smallest absolute Gasteiger partial charge is 0.123 e. The zero-order valence-electron chi connectivity index (χ0n) is 11.6. The largest absolute Gasteiger partial charge is 0.384 e. The summed E-state index contributed by atoms with van der Waals surface area (Å²) in [5.74, 6) is 0.136. The molecule has 1 aromatic rings. The lowest BCUT2D eigenvalue weighted by Gasteiger charge is -2.51. The van der Waals surface area contributed by atoms with E-state index in [0.29, 0.717) is 16.5 Å². The average molecular weight is 283 g/mol. The molecular formula is C16H20ClFO. The Bertz CT molecular complexity index is 535. The van der Waals surface area contributed by atoms with E-state index in [1.807, 2.05) is 0 Å². The van der Waals surface area contributed by atoms with Crippen LogP contribution in [0, 0.1) is 22.6 Å². The van der Waals surface area contributed by atoms with E-state index in [9.17, 15) is 9.50 Å². The first-order chi connectivity index (χ1) is 8.72. The van der Waals surface area contributed by atoms with Gasteiger partial charge in [0, 0.05) is 21.4 Å². The molecule has 0 saturated heterocycles. The van der Waals surface area contributed by atoms with Crippen LogP contribution in [-0.2, 0) is 5.60 Å². The Morgan fingerprint density at radius 3 is 2.58 bits per heavy atom. The summed E-state index contributed by atoms with van der Waals surface area (Å²) >= 11 is 6.27. The topological polar surface area (TPSA) is 20.2 Å². The summed E-state index contributed by atoms with van der Waals surface area (Å²) in [6.07, 6.45) is 3.10. The Labute approximate surface area is 118 Å². The average Bonchev–Trinajstić information content (AvgIpc) is 2.80. The highest BCUT2D eigenvalue weighted by atomic mass is 35.5. The molecule has 2 aliphatic carbocycles. The van der Waals surface area contributed by atoms with Gasteiger partial charge in [0.2, 0.25) is 0 Å². The maximum absolute atomic E-state index is 13.6. The van der Waals surface area contributed by atoms with Crippen LogP contribution in [0.3, 0.4) is 0 Å². The van der Waals surface area contributed by atoms with E-state index in [1.165, 1.54) is 12.1 Å². The summed E-state index contributed by atoms with van der Waals surface area (Å²) in [5.41, 5.74) is -0.984. The van der Waals surface area contributed by atoms with E-state index >= 15 is 0 Å². The van der Waals surface area contributed by atoms with Crippen LogP contribution in [0.15, 0.2) is 18.2 Å². The van der Waals surface area contributed by atoms with Gasteiger partial charge < -0.3 is 5.11 Å². The first kappa shape index (κ1) is 13.4. The lowest BCUT2D eigenvalue weighted by Crippen LogP contribution is -2.51. The van der Waals surface area contributed by atoms with Crippen LogP contribution >= 0.6 is 11.6 Å². The molecule has 104 valence electrons. The van der Waals surface area contributed by atoms with Gasteiger partial charge in [0.1, 0.15) is 11.4 Å². The number of benzene rings is 1. The molecule has 0 aromatic heterocycles. The van der Waals surface area contributed by atoms with E-state index in [1.54, 1.807) is 6.07 Å². The first-order valence-electron chi connectivity index (χ1n) is 6.90. The van der Waals surface area contributed by atoms with E-state index in [0.717, 1.165) is 19.3 Å². The van der Waals surface area contributed by atoms with Gasteiger partial charge >= 0.3 is 0 Å². The minimum atomic E-state index is -1.05. The van der Waals surface area contributed by atoms with Crippen molar-refractivity contribution in [3.05, 3.63) is 34.6 Å². The molecule has 0 heterocycles. The number of hydrogen-bond acceptors (Lipinski definition) is 1. The van der Waals surface area contributed by atoms with Crippen LogP contribution in [0.1, 0.15) is 45.6 Å². The molecule has 1 aromatic carbocycles. The molecule has 2 fully saturated rings. The van der Waals surface area contributed by atoms with Crippen LogP contribution < -0.4 is 0 Å². The van der Waals surface area contributed by atoms with Crippen molar-refractivity contribution in [1.29, 1.82) is 0 Å². The van der Waals surface area contributed by atoms with Gasteiger partial charge in [0.15, 0.2) is 0 Å². The zero-order valence-corrected chi connectivity index (χ0v) is 12.4. The highest BCUT2D eigenvalue weighted by molar-refractivity contribution is 6.31. The second kappa shape index (κ2) is 3.73. The van der Waals surface area contributed by atoms with Gasteiger partial charge in [0.05, 0.1) is 0 Å². The first-order valence-corrected chi connectivity index (χ1v) is 7.28. The Balaban J connectivity index is 2.24. The maximum atomic E-state index is 13.6. The van der Waals surface area contributed by atoms with Crippen molar-refractivity contribution in [1.82, 2.24) is 0 Å². The van der Waals surface area contributed by atoms with Crippen molar-refractivity contribution in [2.45, 2.75) is 45.6 Å². The van der Waals surface area contributed by atoms with Gasteiger partial charge in [-0.25, -0.2) is 4.39 Å². The summed E-state index contributed by atoms with van der Waals surface area (Å²) in [6.45, 7) is 6.29. The van der Waals surface area contributed by atoms with Crippen molar-refractivity contribution in [3.8, 4) is 0 Å². The summed E-state index contributed by atoms with van der Waals surface area (Å²) in [6, 6.07) is 4.31. The number of aliphatic hydroxyl groups is 1. The molecular weight excluding hydrogens is 263 g/mol. The fourth-order valence-electron chi connectivity index (χ4n) is 4.71. The van der Waals surface area contributed by atoms with Gasteiger partial charge in [-0.1, -0.05) is 32.4 Å². The molecule has 3 heteroatoms. The molecule has 1 N–H and O–H groups in total. The Hall–Kier alpha value is -0.600. The van der Waals surface area contributed by atoms with Crippen molar-refractivity contribution in [2.24, 2.45) is 16.7 Å². The minimum Gasteiger partial charge on any atom is -0.384 e. The number of fused-ring (bicyclic) bond motifs is 2. The molecule has 2 aliphatic rings. The third kappa shape index (κ3) is 1.45. The summed E-state index contributed by atoms with van der Waals surface area (Å²) in [5, 5.41) is 12.0. The molecule has 1 nitrogen and oxygen atoms in total. The Kier molecular flexibility index (Phi) is 2.63. The fraction of sp³-hybridized carbons (Fsp3) is 0.625. The van der Waals surface area contributed by atoms with Gasteiger partial charge in [-0.05, 0) is 43.4 Å². The van der Waals surface area contributed by atoms with Crippen LogP contribution in [0.5, 0.6) is 0 Å². The molecule has 3 unspecified atom stereocenters. The summed E-state index contributed by atoms with van der Waals surface area (Å²) in [7, 11) is 0. The molecule has 19 heavy (non-hydrogen) atoms. The molecule has 3 atom stereocenters. The predicted molar refractivity (Wildman–Crippen MR) is 74.5 cm³/mol. The predicted octanol–water partition coefficient (Wildman–Crippen LogP) is 4.51. The van der Waals surface area contributed by atoms with E-state index in [4.69, 9.17) is 11.6 Å². The molecule has 3 rings (SSSR count). The standard InChI is InChI=1S/C16H20ClFO/c1-14(2)10-6-7-15(3,9-10)16(14,19)12-8-11(18)4-5-13(12)17/h4-5,8,10,19H,6-7,9H2,1-3H3. The highest BCUT2D eigenvalue weighted by Crippen LogP contribution is 2.72. The lowest BCUT2D eigenvalue weighted by atomic mass is 9.58. The van der Waals surface area contributed by atoms with Crippen molar-refractivity contribution < 1.29 is 9.50 Å². The molecule has 0 amide bonds. The summed E-state index contributed by atoms with van der Waals surface area (Å²) in [4.78, 5) is 0. The van der Waals surface area contributed by atoms with E-state index in [2.05, 4.69) is 20.8 Å². The maximum Gasteiger partial charge on any atom is 0.123 e. The Morgan fingerprint density at radius 2 is 2.00 bits per heavy atom. The minimum absolute atomic E-state index is 0.210. The SMILES string of the molecule is CC12CCC(C1)C(C)(C)C2(O)c1cc(F)ccc1Cl. The second-order valence-corrected chi connectivity index (χ2v) is 7.46. The number of rotatable bonds is 1. The van der Waals surface area contributed by atoms with E-state index < -0.39 is 5.60 Å². The highest BCUT2D eigenvalue weighted by Gasteiger charge is 2.69. The van der Waals surface area contributed by atoms with Crippen LogP contribution in [0.25, 0.3) is 0 Å². The molecule has 0 spiro atoms. The Morgan fingerprint density at radius 1 is 1.32 bits per heavy atom. The zero-order chi connectivity index (χ0) is 14.1. The molecule has 2 bridgehead atoms. The summed E-state index contributed by atoms with van der Waals surface area (Å²) < 4.78 is 13.6. The van der Waals surface area contributed by atoms with Gasteiger partial charge in [-0.15, -0.1) is 0 Å². The van der Waals surface area contributed by atoms with Crippen LogP contribution in [0.2, 0.25) is 5.02 Å². The van der Waals surface area contributed by atoms with Crippen molar-refractivity contribution in [2.75, 3.05) is 0 Å². The third-order valence-electron chi connectivity index (χ3n) is 5.89. The van der Waals surface area contributed by atoms with Crippen molar-refractivity contribution in [3.63, 3.8) is 0 Å². The molecule has 0 aliphatic heterocycles. The molecule has 2 saturated carbocycles. The second-order valence-electron chi connectivity index (χ2n) is 7.06. The van der Waals surface area contributed by atoms with Gasteiger partial charge in [-0.3, -0.25) is 0 Å². The van der Waals surface area contributed by atoms with Gasteiger partial charge in [-0.2, -0.15) is 0 Å².